The molecule has 0 bridgehead atoms. The van der Waals surface area contributed by atoms with Gasteiger partial charge in [-0.25, -0.2) is 4.98 Å². The highest BCUT2D eigenvalue weighted by atomic mass is 19.4. The molecule has 4 aromatic rings. The zero-order valence-corrected chi connectivity index (χ0v) is 22.3. The number of nitrogens with zero attached hydrogens (tertiary/aromatic N) is 5. The van der Waals surface area contributed by atoms with Crippen LogP contribution in [0.5, 0.6) is 5.75 Å². The molecule has 1 unspecified atom stereocenters. The van der Waals surface area contributed by atoms with E-state index in [1.807, 2.05) is 0 Å². The first kappa shape index (κ1) is 27.8. The largest absolute Gasteiger partial charge is 0.496 e. The standard InChI is InChI=1S/C28H23F6N5O3/c1-15-35-13-22(42-15)17-8-7-16(11-21(17)41-2)23-36-37-24-26(9-4-10-38(23)24)12-18-19(28(32,33)34)5-3-6-20(18)39(25(26)40)14-27(29,30)31/h3,5-8,11,13H,4,9-10,12,14H2,1-2H3. The van der Waals surface area contributed by atoms with E-state index in [-0.39, 0.29) is 17.8 Å². The molecule has 2 aromatic carbocycles. The molecule has 220 valence electrons. The maximum absolute atomic E-state index is 14.1. The number of hydrogen-bond acceptors (Lipinski definition) is 6. The van der Waals surface area contributed by atoms with E-state index >= 15 is 0 Å². The van der Waals surface area contributed by atoms with Gasteiger partial charge in [-0.3, -0.25) is 4.79 Å². The summed E-state index contributed by atoms with van der Waals surface area (Å²) in [4.78, 5) is 18.4. The van der Waals surface area contributed by atoms with Gasteiger partial charge in [0.1, 0.15) is 23.5 Å². The number of amides is 1. The molecule has 0 radical (unpaired) electrons. The number of aryl methyl sites for hydroxylation is 1. The SMILES string of the molecule is COc1cc(-c2nnc3n2CCCC32Cc3c(cccc3C(F)(F)F)N(CC(F)(F)F)C2=O)ccc1-c1cnc(C)o1. The van der Waals surface area contributed by atoms with Gasteiger partial charge in [-0.2, -0.15) is 26.3 Å². The summed E-state index contributed by atoms with van der Waals surface area (Å²) in [7, 11) is 1.46. The summed E-state index contributed by atoms with van der Waals surface area (Å²) < 4.78 is 96.0. The van der Waals surface area contributed by atoms with E-state index in [4.69, 9.17) is 9.15 Å². The molecule has 2 aromatic heterocycles. The summed E-state index contributed by atoms with van der Waals surface area (Å²) in [5.41, 5.74) is -2.51. The summed E-state index contributed by atoms with van der Waals surface area (Å²) in [6, 6.07) is 8.04. The molecule has 0 saturated heterocycles. The van der Waals surface area contributed by atoms with Crippen LogP contribution in [0, 0.1) is 6.92 Å². The van der Waals surface area contributed by atoms with Crippen molar-refractivity contribution in [3.63, 3.8) is 0 Å². The molecule has 0 saturated carbocycles. The molecule has 8 nitrogen and oxygen atoms in total. The molecular weight excluding hydrogens is 568 g/mol. The van der Waals surface area contributed by atoms with E-state index in [1.54, 1.807) is 35.9 Å². The normalized spacial score (nSPS) is 18.8. The third kappa shape index (κ3) is 4.49. The Morgan fingerprint density at radius 3 is 2.55 bits per heavy atom. The third-order valence-corrected chi connectivity index (χ3v) is 7.73. The average Bonchev–Trinajstić information content (AvgIpc) is 3.56. The number of anilines is 1. The molecule has 4 heterocycles. The number of ether oxygens (including phenoxy) is 1. The zero-order valence-electron chi connectivity index (χ0n) is 22.3. The smallest absolute Gasteiger partial charge is 0.416 e. The molecule has 2 aliphatic heterocycles. The molecule has 0 aliphatic carbocycles. The highest BCUT2D eigenvalue weighted by Gasteiger charge is 2.55. The maximum Gasteiger partial charge on any atom is 0.416 e. The molecule has 1 spiro atoms. The minimum Gasteiger partial charge on any atom is -0.496 e. The van der Waals surface area contributed by atoms with Gasteiger partial charge in [-0.05, 0) is 49.1 Å². The van der Waals surface area contributed by atoms with Crippen LogP contribution in [0.15, 0.2) is 47.0 Å². The third-order valence-electron chi connectivity index (χ3n) is 7.73. The summed E-state index contributed by atoms with van der Waals surface area (Å²) in [5.74, 6) is 0.709. The summed E-state index contributed by atoms with van der Waals surface area (Å²) in [6.45, 7) is 0.273. The van der Waals surface area contributed by atoms with Crippen molar-refractivity contribution >= 4 is 11.6 Å². The number of hydrogen-bond donors (Lipinski definition) is 0. The Labute approximate surface area is 234 Å². The second-order valence-corrected chi connectivity index (χ2v) is 10.3. The lowest BCUT2D eigenvalue weighted by molar-refractivity contribution is -0.141. The number of aromatic nitrogens is 4. The topological polar surface area (TPSA) is 86.3 Å². The predicted molar refractivity (Wildman–Crippen MR) is 137 cm³/mol. The van der Waals surface area contributed by atoms with Crippen LogP contribution < -0.4 is 9.64 Å². The van der Waals surface area contributed by atoms with Crippen molar-refractivity contribution in [3.8, 4) is 28.5 Å². The Morgan fingerprint density at radius 1 is 1.10 bits per heavy atom. The lowest BCUT2D eigenvalue weighted by Gasteiger charge is -2.44. The van der Waals surface area contributed by atoms with Crippen molar-refractivity contribution in [3.05, 3.63) is 65.4 Å². The van der Waals surface area contributed by atoms with Crippen LogP contribution in [0.25, 0.3) is 22.7 Å². The molecule has 1 amide bonds. The van der Waals surface area contributed by atoms with Crippen molar-refractivity contribution in [1.29, 1.82) is 0 Å². The molecule has 14 heteroatoms. The number of halogens is 6. The first-order chi connectivity index (χ1) is 19.8. The summed E-state index contributed by atoms with van der Waals surface area (Å²) >= 11 is 0. The molecule has 6 rings (SSSR count). The Bertz CT molecular complexity index is 1690. The quantitative estimate of drug-likeness (QED) is 0.266. The molecular formula is C28H23F6N5O3. The van der Waals surface area contributed by atoms with Crippen LogP contribution >= 0.6 is 0 Å². The van der Waals surface area contributed by atoms with E-state index in [0.29, 0.717) is 52.2 Å². The highest BCUT2D eigenvalue weighted by Crippen LogP contribution is 2.49. The van der Waals surface area contributed by atoms with Gasteiger partial charge in [0.2, 0.25) is 5.91 Å². The van der Waals surface area contributed by atoms with Crippen LogP contribution in [0.3, 0.4) is 0 Å². The summed E-state index contributed by atoms with van der Waals surface area (Å²) in [5, 5.41) is 8.50. The van der Waals surface area contributed by atoms with Crippen LogP contribution in [0.1, 0.15) is 35.7 Å². The highest BCUT2D eigenvalue weighted by molar-refractivity contribution is 6.04. The summed E-state index contributed by atoms with van der Waals surface area (Å²) in [6.07, 6.45) is -8.30. The number of benzene rings is 2. The minimum atomic E-state index is -4.85. The van der Waals surface area contributed by atoms with E-state index < -0.39 is 47.9 Å². The Balaban J connectivity index is 1.48. The van der Waals surface area contributed by atoms with Crippen molar-refractivity contribution in [2.24, 2.45) is 0 Å². The van der Waals surface area contributed by atoms with E-state index in [0.717, 1.165) is 18.2 Å². The Kier molecular flexibility index (Phi) is 6.35. The number of rotatable bonds is 4. The van der Waals surface area contributed by atoms with Crippen molar-refractivity contribution in [1.82, 2.24) is 19.7 Å². The van der Waals surface area contributed by atoms with Gasteiger partial charge in [0.15, 0.2) is 17.5 Å². The van der Waals surface area contributed by atoms with Gasteiger partial charge in [0.25, 0.3) is 0 Å². The van der Waals surface area contributed by atoms with E-state index in [9.17, 15) is 31.1 Å². The second kappa shape index (κ2) is 9.60. The van der Waals surface area contributed by atoms with Crippen LogP contribution in [-0.2, 0) is 29.4 Å². The van der Waals surface area contributed by atoms with Gasteiger partial charge in [0, 0.05) is 24.7 Å². The van der Waals surface area contributed by atoms with Crippen molar-refractivity contribution < 1.29 is 40.3 Å². The van der Waals surface area contributed by atoms with Gasteiger partial charge < -0.3 is 18.6 Å². The molecule has 0 N–H and O–H groups in total. The predicted octanol–water partition coefficient (Wildman–Crippen LogP) is 6.12. The average molecular weight is 592 g/mol. The van der Waals surface area contributed by atoms with E-state index in [1.165, 1.54) is 7.11 Å². The first-order valence-electron chi connectivity index (χ1n) is 12.9. The fourth-order valence-electron chi connectivity index (χ4n) is 5.98. The van der Waals surface area contributed by atoms with Gasteiger partial charge in [0.05, 0.1) is 24.4 Å². The minimum absolute atomic E-state index is 0.0110. The van der Waals surface area contributed by atoms with Crippen molar-refractivity contribution in [2.45, 2.75) is 50.5 Å². The van der Waals surface area contributed by atoms with E-state index in [2.05, 4.69) is 15.2 Å². The lowest BCUT2D eigenvalue weighted by atomic mass is 9.70. The lowest BCUT2D eigenvalue weighted by Crippen LogP contribution is -2.57. The number of alkyl halides is 6. The second-order valence-electron chi connectivity index (χ2n) is 10.3. The first-order valence-corrected chi connectivity index (χ1v) is 12.9. The Morgan fingerprint density at radius 2 is 1.88 bits per heavy atom. The van der Waals surface area contributed by atoms with Crippen LogP contribution in [0.2, 0.25) is 0 Å². The Hall–Kier alpha value is -4.36. The molecule has 42 heavy (non-hydrogen) atoms. The maximum atomic E-state index is 14.1. The molecule has 1 atom stereocenters. The number of carbonyl (C=O) groups excluding carboxylic acids is 1. The van der Waals surface area contributed by atoms with Gasteiger partial charge in [-0.15, -0.1) is 10.2 Å². The molecule has 0 fully saturated rings. The number of carbonyl (C=O) groups is 1. The monoisotopic (exact) mass is 591 g/mol. The number of methoxy groups -OCH3 is 1. The van der Waals surface area contributed by atoms with Gasteiger partial charge in [-0.1, -0.05) is 12.1 Å². The zero-order chi connectivity index (χ0) is 30.0. The van der Waals surface area contributed by atoms with Crippen LogP contribution in [-0.4, -0.2) is 45.5 Å². The number of oxazole rings is 1. The fraction of sp³-hybridized carbons (Fsp3) is 0.357. The number of fused-ring (bicyclic) bond motifs is 3. The van der Waals surface area contributed by atoms with Gasteiger partial charge >= 0.3 is 12.4 Å². The fourth-order valence-corrected chi connectivity index (χ4v) is 5.98. The van der Waals surface area contributed by atoms with Crippen molar-refractivity contribution in [2.75, 3.05) is 18.6 Å². The van der Waals surface area contributed by atoms with Crippen LogP contribution in [0.4, 0.5) is 32.0 Å². The molecule has 2 aliphatic rings.